The minimum Gasteiger partial charge on any atom is -0.300 e. The second-order valence-electron chi connectivity index (χ2n) is 5.90. The number of hydrogen-bond donors (Lipinski definition) is 0. The average Bonchev–Trinajstić information content (AvgIpc) is 2.82. The van der Waals surface area contributed by atoms with E-state index in [0.717, 1.165) is 11.3 Å². The Hall–Kier alpha value is -2.09. The summed E-state index contributed by atoms with van der Waals surface area (Å²) in [5, 5.41) is 0. The lowest BCUT2D eigenvalue weighted by Gasteiger charge is -2.19. The summed E-state index contributed by atoms with van der Waals surface area (Å²) >= 11 is 0. The SMILES string of the molecule is CC(C)(C)c1ccc(-c2cnc3ccccn23)cc1. The Bertz CT molecular complexity index is 700. The molecule has 0 aliphatic rings. The molecule has 0 saturated heterocycles. The zero-order valence-electron chi connectivity index (χ0n) is 11.6. The molecule has 2 nitrogen and oxygen atoms in total. The highest BCUT2D eigenvalue weighted by atomic mass is 15.0. The van der Waals surface area contributed by atoms with Gasteiger partial charge in [0.25, 0.3) is 0 Å². The third-order valence-corrected chi connectivity index (χ3v) is 3.46. The topological polar surface area (TPSA) is 17.3 Å². The Morgan fingerprint density at radius 1 is 0.947 bits per heavy atom. The number of pyridine rings is 1. The van der Waals surface area contributed by atoms with Gasteiger partial charge in [-0.2, -0.15) is 0 Å². The number of fused-ring (bicyclic) bond motifs is 1. The molecule has 0 atom stereocenters. The van der Waals surface area contributed by atoms with Gasteiger partial charge in [0.05, 0.1) is 11.9 Å². The van der Waals surface area contributed by atoms with Gasteiger partial charge >= 0.3 is 0 Å². The van der Waals surface area contributed by atoms with Gasteiger partial charge in [0.1, 0.15) is 5.65 Å². The molecule has 0 radical (unpaired) electrons. The predicted octanol–water partition coefficient (Wildman–Crippen LogP) is 4.30. The third-order valence-electron chi connectivity index (χ3n) is 3.46. The van der Waals surface area contributed by atoms with Gasteiger partial charge in [-0.15, -0.1) is 0 Å². The summed E-state index contributed by atoms with van der Waals surface area (Å²) in [5.41, 5.74) is 4.86. The van der Waals surface area contributed by atoms with Crippen LogP contribution in [0.2, 0.25) is 0 Å². The van der Waals surface area contributed by atoms with E-state index in [1.54, 1.807) is 0 Å². The molecular weight excluding hydrogens is 232 g/mol. The monoisotopic (exact) mass is 250 g/mol. The fourth-order valence-electron chi connectivity index (χ4n) is 2.29. The molecule has 0 aliphatic carbocycles. The van der Waals surface area contributed by atoms with Crippen molar-refractivity contribution in [2.24, 2.45) is 0 Å². The third kappa shape index (κ3) is 2.14. The maximum absolute atomic E-state index is 4.43. The maximum Gasteiger partial charge on any atom is 0.137 e. The summed E-state index contributed by atoms with van der Waals surface area (Å²) in [7, 11) is 0. The lowest BCUT2D eigenvalue weighted by atomic mass is 9.86. The Balaban J connectivity index is 2.07. The predicted molar refractivity (Wildman–Crippen MR) is 79.3 cm³/mol. The van der Waals surface area contributed by atoms with Crippen molar-refractivity contribution in [1.82, 2.24) is 9.38 Å². The maximum atomic E-state index is 4.43. The lowest BCUT2D eigenvalue weighted by Crippen LogP contribution is -2.10. The number of hydrogen-bond acceptors (Lipinski definition) is 1. The van der Waals surface area contributed by atoms with E-state index in [2.05, 4.69) is 60.6 Å². The van der Waals surface area contributed by atoms with Gasteiger partial charge in [0, 0.05) is 11.8 Å². The smallest absolute Gasteiger partial charge is 0.137 e. The van der Waals surface area contributed by atoms with Gasteiger partial charge in [-0.05, 0) is 23.1 Å². The van der Waals surface area contributed by atoms with Crippen molar-refractivity contribution in [3.63, 3.8) is 0 Å². The molecule has 2 aromatic heterocycles. The van der Waals surface area contributed by atoms with E-state index in [1.165, 1.54) is 11.1 Å². The minimum atomic E-state index is 0.192. The lowest BCUT2D eigenvalue weighted by molar-refractivity contribution is 0.590. The van der Waals surface area contributed by atoms with E-state index in [-0.39, 0.29) is 5.41 Å². The molecule has 3 rings (SSSR count). The highest BCUT2D eigenvalue weighted by Crippen LogP contribution is 2.26. The van der Waals surface area contributed by atoms with Crippen LogP contribution >= 0.6 is 0 Å². The Labute approximate surface area is 113 Å². The molecule has 2 heteroatoms. The van der Waals surface area contributed by atoms with Crippen LogP contribution in [0.4, 0.5) is 0 Å². The first-order chi connectivity index (χ1) is 9.05. The summed E-state index contributed by atoms with van der Waals surface area (Å²) < 4.78 is 2.12. The Morgan fingerprint density at radius 3 is 2.37 bits per heavy atom. The van der Waals surface area contributed by atoms with Crippen molar-refractivity contribution in [2.45, 2.75) is 26.2 Å². The second kappa shape index (κ2) is 4.23. The van der Waals surface area contributed by atoms with Crippen LogP contribution in [0.5, 0.6) is 0 Å². The van der Waals surface area contributed by atoms with Crippen molar-refractivity contribution in [3.8, 4) is 11.3 Å². The van der Waals surface area contributed by atoms with Gasteiger partial charge in [-0.25, -0.2) is 4.98 Å². The fourth-order valence-corrected chi connectivity index (χ4v) is 2.29. The van der Waals surface area contributed by atoms with Gasteiger partial charge < -0.3 is 0 Å². The summed E-state index contributed by atoms with van der Waals surface area (Å²) in [6.07, 6.45) is 3.98. The minimum absolute atomic E-state index is 0.192. The molecule has 0 unspecified atom stereocenters. The fraction of sp³-hybridized carbons (Fsp3) is 0.235. The van der Waals surface area contributed by atoms with E-state index in [4.69, 9.17) is 0 Å². The van der Waals surface area contributed by atoms with Crippen molar-refractivity contribution < 1.29 is 0 Å². The van der Waals surface area contributed by atoms with Gasteiger partial charge in [-0.3, -0.25) is 4.40 Å². The molecule has 0 spiro atoms. The van der Waals surface area contributed by atoms with E-state index in [1.807, 2.05) is 24.4 Å². The molecule has 0 fully saturated rings. The zero-order chi connectivity index (χ0) is 13.5. The zero-order valence-corrected chi connectivity index (χ0v) is 11.6. The largest absolute Gasteiger partial charge is 0.300 e. The summed E-state index contributed by atoms with van der Waals surface area (Å²) in [4.78, 5) is 4.43. The second-order valence-corrected chi connectivity index (χ2v) is 5.90. The van der Waals surface area contributed by atoms with E-state index in [9.17, 15) is 0 Å². The van der Waals surface area contributed by atoms with Crippen LogP contribution in [0.3, 0.4) is 0 Å². The Morgan fingerprint density at radius 2 is 1.68 bits per heavy atom. The van der Waals surface area contributed by atoms with Crippen molar-refractivity contribution in [3.05, 3.63) is 60.4 Å². The van der Waals surface area contributed by atoms with Gasteiger partial charge in [0.15, 0.2) is 0 Å². The molecule has 0 saturated carbocycles. The van der Waals surface area contributed by atoms with Crippen molar-refractivity contribution in [2.75, 3.05) is 0 Å². The normalized spacial score (nSPS) is 11.9. The molecule has 2 heterocycles. The van der Waals surface area contributed by atoms with Crippen LogP contribution in [-0.2, 0) is 5.41 Å². The highest BCUT2D eigenvalue weighted by molar-refractivity contribution is 5.64. The van der Waals surface area contributed by atoms with Crippen molar-refractivity contribution in [1.29, 1.82) is 0 Å². The first-order valence-electron chi connectivity index (χ1n) is 6.59. The number of benzene rings is 1. The molecule has 19 heavy (non-hydrogen) atoms. The van der Waals surface area contributed by atoms with Crippen LogP contribution in [0.25, 0.3) is 16.9 Å². The molecule has 0 N–H and O–H groups in total. The number of aromatic nitrogens is 2. The first-order valence-corrected chi connectivity index (χ1v) is 6.59. The van der Waals surface area contributed by atoms with Gasteiger partial charge in [-0.1, -0.05) is 51.1 Å². The Kier molecular flexibility index (Phi) is 2.67. The quantitative estimate of drug-likeness (QED) is 0.629. The molecule has 3 aromatic rings. The molecule has 96 valence electrons. The standard InChI is InChI=1S/C17H18N2/c1-17(2,3)14-9-7-13(8-10-14)15-12-18-16-6-4-5-11-19(15)16/h4-12H,1-3H3. The number of nitrogens with zero attached hydrogens (tertiary/aromatic N) is 2. The van der Waals surface area contributed by atoms with Crippen LogP contribution in [0.15, 0.2) is 54.9 Å². The van der Waals surface area contributed by atoms with Crippen LogP contribution in [0.1, 0.15) is 26.3 Å². The molecule has 0 amide bonds. The van der Waals surface area contributed by atoms with Crippen LogP contribution in [0, 0.1) is 0 Å². The van der Waals surface area contributed by atoms with Crippen LogP contribution in [-0.4, -0.2) is 9.38 Å². The molecule has 0 bridgehead atoms. The molecule has 0 aliphatic heterocycles. The van der Waals surface area contributed by atoms with Crippen LogP contribution < -0.4 is 0 Å². The van der Waals surface area contributed by atoms with E-state index in [0.29, 0.717) is 0 Å². The summed E-state index contributed by atoms with van der Waals surface area (Å²) in [5.74, 6) is 0. The van der Waals surface area contributed by atoms with Gasteiger partial charge in [0.2, 0.25) is 0 Å². The summed E-state index contributed by atoms with van der Waals surface area (Å²) in [6, 6.07) is 14.8. The van der Waals surface area contributed by atoms with Crippen molar-refractivity contribution >= 4 is 5.65 Å². The number of rotatable bonds is 1. The summed E-state index contributed by atoms with van der Waals surface area (Å²) in [6.45, 7) is 6.70. The number of imidazole rings is 1. The average molecular weight is 250 g/mol. The molecular formula is C17H18N2. The highest BCUT2D eigenvalue weighted by Gasteiger charge is 2.13. The molecule has 1 aromatic carbocycles. The van der Waals surface area contributed by atoms with E-state index >= 15 is 0 Å². The first kappa shape index (κ1) is 12.0. The van der Waals surface area contributed by atoms with E-state index < -0.39 is 0 Å².